The highest BCUT2D eigenvalue weighted by atomic mass is 19.3. The third-order valence-corrected chi connectivity index (χ3v) is 13.4. The number of likely N-dealkylation sites (tertiary alicyclic amines) is 2. The van der Waals surface area contributed by atoms with E-state index in [2.05, 4.69) is 45.9 Å². The highest BCUT2D eigenvalue weighted by molar-refractivity contribution is 6.06. The number of alkyl halides is 2. The molecule has 1 unspecified atom stereocenters. The van der Waals surface area contributed by atoms with Crippen molar-refractivity contribution in [2.45, 2.75) is 89.6 Å². The van der Waals surface area contributed by atoms with Gasteiger partial charge in [-0.05, 0) is 100 Å². The van der Waals surface area contributed by atoms with Crippen LogP contribution in [-0.2, 0) is 32.1 Å². The first-order valence-corrected chi connectivity index (χ1v) is 22.5. The van der Waals surface area contributed by atoms with Crippen LogP contribution in [-0.4, -0.2) is 95.3 Å². The molecule has 3 N–H and O–H groups in total. The highest BCUT2D eigenvalue weighted by Crippen LogP contribution is 2.45. The van der Waals surface area contributed by atoms with Gasteiger partial charge < -0.3 is 39.6 Å². The van der Waals surface area contributed by atoms with Crippen molar-refractivity contribution in [2.24, 2.45) is 16.8 Å². The first-order chi connectivity index (χ1) is 31.9. The number of rotatable bonds is 12. The Balaban J connectivity index is 0.937. The van der Waals surface area contributed by atoms with Crippen molar-refractivity contribution in [3.8, 4) is 28.1 Å². The molecule has 4 aromatic carbocycles. The van der Waals surface area contributed by atoms with E-state index in [9.17, 15) is 28.0 Å². The lowest BCUT2D eigenvalue weighted by Crippen LogP contribution is -2.53. The number of carbonyl (C=O) groups is 4. The maximum absolute atomic E-state index is 14.1. The number of hydrogen-bond donors (Lipinski definition) is 3. The summed E-state index contributed by atoms with van der Waals surface area (Å²) in [5, 5.41) is 7.39. The number of H-pyrrole nitrogens is 1. The number of hydrogen-bond acceptors (Lipinski definition) is 9. The normalized spacial score (nSPS) is 19.5. The zero-order valence-electron chi connectivity index (χ0n) is 37.3. The van der Waals surface area contributed by atoms with Gasteiger partial charge >= 0.3 is 12.2 Å². The van der Waals surface area contributed by atoms with E-state index in [1.54, 1.807) is 28.1 Å². The Morgan fingerprint density at radius 2 is 1.70 bits per heavy atom. The van der Waals surface area contributed by atoms with Crippen molar-refractivity contribution in [3.63, 3.8) is 0 Å². The van der Waals surface area contributed by atoms with E-state index in [-0.39, 0.29) is 42.5 Å². The van der Waals surface area contributed by atoms with E-state index < -0.39 is 36.7 Å². The number of aromatic amines is 1. The summed E-state index contributed by atoms with van der Waals surface area (Å²) in [7, 11) is 2.52. The fourth-order valence-electron chi connectivity index (χ4n) is 10.1. The predicted octanol–water partition coefficient (Wildman–Crippen LogP) is 8.82. The van der Waals surface area contributed by atoms with E-state index in [0.29, 0.717) is 43.9 Å². The number of alkyl carbamates (subject to hydrolysis) is 2. The van der Waals surface area contributed by atoms with E-state index in [0.717, 1.165) is 74.3 Å². The summed E-state index contributed by atoms with van der Waals surface area (Å²) in [4.78, 5) is 69.5. The Hall–Kier alpha value is -6.84. The van der Waals surface area contributed by atoms with Crippen LogP contribution >= 0.6 is 0 Å². The van der Waals surface area contributed by atoms with Crippen LogP contribution in [0.3, 0.4) is 0 Å². The lowest BCUT2D eigenvalue weighted by molar-refractivity contribution is -0.135. The largest absolute Gasteiger partial charge is 0.488 e. The second-order valence-corrected chi connectivity index (χ2v) is 17.9. The summed E-state index contributed by atoms with van der Waals surface area (Å²) in [6.45, 7) is 4.85. The standard InChI is InChI=1S/C50H53F2N7O7/c1-27(2)44(56-49(62)64-3)47(60)59-25-28(12-17-43(51)52)19-41(59)38-22-35-34-23-42-36(21-30(34)14-16-37(35)54-38)33-15-13-31(20-32(33)26-66-42)39-24-53-46(55-39)40-11-8-18-58(40)48(61)45(57-50(63)65-4)29-9-6-5-7-10-29/h5-7,9-10,13-16,20-21,23-24,27-28,40-41,43-45H,8,11-12,17-19,22,25-26H2,1-4H3,(H,53,55)(H,56,62)(H,57,63)/t28-,40?,41-,44-,45+/m0/s1. The first-order valence-electron chi connectivity index (χ1n) is 22.5. The fraction of sp³-hybridized carbons (Fsp3) is 0.400. The van der Waals surface area contributed by atoms with Gasteiger partial charge in [-0.15, -0.1) is 0 Å². The van der Waals surface area contributed by atoms with E-state index in [1.807, 2.05) is 44.2 Å². The molecule has 4 aliphatic rings. The molecule has 9 rings (SSSR count). The van der Waals surface area contributed by atoms with Gasteiger partial charge in [0.1, 0.15) is 30.3 Å². The molecule has 66 heavy (non-hydrogen) atoms. The van der Waals surface area contributed by atoms with Gasteiger partial charge in [0.2, 0.25) is 12.3 Å². The van der Waals surface area contributed by atoms with Crippen molar-refractivity contribution in [1.82, 2.24) is 30.4 Å². The van der Waals surface area contributed by atoms with Crippen molar-refractivity contribution in [2.75, 3.05) is 27.3 Å². The minimum Gasteiger partial charge on any atom is -0.488 e. The topological polar surface area (TPSA) is 168 Å². The van der Waals surface area contributed by atoms with E-state index in [4.69, 9.17) is 24.2 Å². The molecule has 0 spiro atoms. The minimum atomic E-state index is -2.43. The molecule has 5 atom stereocenters. The third-order valence-electron chi connectivity index (χ3n) is 13.4. The number of halogens is 2. The Morgan fingerprint density at radius 3 is 2.45 bits per heavy atom. The van der Waals surface area contributed by atoms with Crippen molar-refractivity contribution in [1.29, 1.82) is 0 Å². The van der Waals surface area contributed by atoms with E-state index in [1.165, 1.54) is 14.2 Å². The van der Waals surface area contributed by atoms with Crippen molar-refractivity contribution < 1.29 is 42.2 Å². The number of nitrogens with one attached hydrogen (secondary N) is 3. The molecule has 0 saturated carbocycles. The second kappa shape index (κ2) is 18.6. The number of nitrogens with zero attached hydrogens (tertiary/aromatic N) is 4. The maximum atomic E-state index is 14.1. The molecule has 0 bridgehead atoms. The first kappa shape index (κ1) is 44.4. The number of aliphatic imine (C=N–C) groups is 1. The van der Waals surface area contributed by atoms with Crippen LogP contribution in [0.4, 0.5) is 24.1 Å². The Labute approximate surface area is 381 Å². The quantitative estimate of drug-likeness (QED) is 0.112. The molecule has 0 radical (unpaired) electrons. The number of methoxy groups -OCH3 is 2. The van der Waals surface area contributed by atoms with Crippen LogP contribution in [0, 0.1) is 11.8 Å². The van der Waals surface area contributed by atoms with Gasteiger partial charge in [-0.2, -0.15) is 0 Å². The van der Waals surface area contributed by atoms with Gasteiger partial charge in [-0.25, -0.2) is 23.4 Å². The van der Waals surface area contributed by atoms with Crippen LogP contribution in [0.25, 0.3) is 33.2 Å². The number of benzene rings is 4. The summed E-state index contributed by atoms with van der Waals surface area (Å²) in [5.74, 6) is 0.517. The SMILES string of the molecule is COC(=O)N[C@H](C(=O)N1C[C@@H](CCC(F)F)C[C@H]1C1=Nc2ccc3cc4c(cc3c2C1)OCc1cc(-c2cnc(C3CCCN3C(=O)[C@H](NC(=O)OC)c3ccccc3)[nH]2)ccc1-4)C(C)C. The molecule has 0 aliphatic carbocycles. The lowest BCUT2D eigenvalue weighted by atomic mass is 9.90. The summed E-state index contributed by atoms with van der Waals surface area (Å²) < 4.78 is 42.8. The second-order valence-electron chi connectivity index (χ2n) is 17.9. The number of aromatic nitrogens is 2. The number of amides is 4. The van der Waals surface area contributed by atoms with Crippen LogP contribution in [0.15, 0.2) is 84.0 Å². The van der Waals surface area contributed by atoms with Gasteiger partial charge in [0.15, 0.2) is 0 Å². The van der Waals surface area contributed by atoms with Crippen LogP contribution in [0.2, 0.25) is 0 Å². The number of carbonyl (C=O) groups excluding carboxylic acids is 4. The molecular weight excluding hydrogens is 849 g/mol. The van der Waals surface area contributed by atoms with Gasteiger partial charge in [-0.3, -0.25) is 14.6 Å². The number of fused-ring (bicyclic) bond motifs is 6. The fourth-order valence-corrected chi connectivity index (χ4v) is 10.1. The van der Waals surface area contributed by atoms with Crippen LogP contribution in [0.5, 0.6) is 5.75 Å². The molecule has 2 fully saturated rings. The summed E-state index contributed by atoms with van der Waals surface area (Å²) in [6, 6.07) is 21.1. The molecular formula is C50H53F2N7O7. The molecule has 5 aromatic rings. The Bertz CT molecular complexity index is 2710. The molecule has 344 valence electrons. The lowest BCUT2D eigenvalue weighted by Gasteiger charge is -2.31. The monoisotopic (exact) mass is 901 g/mol. The molecule has 4 aliphatic heterocycles. The Kier molecular flexibility index (Phi) is 12.5. The molecule has 2 saturated heterocycles. The average molecular weight is 902 g/mol. The molecule has 1 aromatic heterocycles. The minimum absolute atomic E-state index is 0.136. The van der Waals surface area contributed by atoms with Gasteiger partial charge in [0, 0.05) is 37.2 Å². The van der Waals surface area contributed by atoms with Crippen LogP contribution < -0.4 is 15.4 Å². The van der Waals surface area contributed by atoms with E-state index >= 15 is 0 Å². The maximum Gasteiger partial charge on any atom is 0.407 e. The summed E-state index contributed by atoms with van der Waals surface area (Å²) in [6.07, 6.45) is 0.482. The number of imidazole rings is 1. The summed E-state index contributed by atoms with van der Waals surface area (Å²) in [5.41, 5.74) is 8.01. The zero-order chi connectivity index (χ0) is 46.2. The van der Waals surface area contributed by atoms with Crippen molar-refractivity contribution in [3.05, 3.63) is 102 Å². The van der Waals surface area contributed by atoms with Crippen LogP contribution in [0.1, 0.15) is 80.6 Å². The van der Waals surface area contributed by atoms with Gasteiger partial charge in [0.05, 0.1) is 43.9 Å². The Morgan fingerprint density at radius 1 is 0.909 bits per heavy atom. The smallest absolute Gasteiger partial charge is 0.407 e. The third kappa shape index (κ3) is 8.67. The van der Waals surface area contributed by atoms with Crippen molar-refractivity contribution >= 4 is 46.2 Å². The highest BCUT2D eigenvalue weighted by Gasteiger charge is 2.43. The van der Waals surface area contributed by atoms with Gasteiger partial charge in [-0.1, -0.05) is 62.4 Å². The average Bonchev–Trinajstić information content (AvgIpc) is 4.17. The number of ether oxygens (including phenoxy) is 3. The molecule has 16 heteroatoms. The zero-order valence-corrected chi connectivity index (χ0v) is 37.3. The molecule has 4 amide bonds. The van der Waals surface area contributed by atoms with Gasteiger partial charge in [0.25, 0.3) is 5.91 Å². The molecule has 5 heterocycles. The predicted molar refractivity (Wildman–Crippen MR) is 244 cm³/mol. The molecule has 14 nitrogen and oxygen atoms in total. The summed E-state index contributed by atoms with van der Waals surface area (Å²) >= 11 is 0.